The first kappa shape index (κ1) is 15.0. The molecular formula is C14H14N2O4S. The molecule has 21 heavy (non-hydrogen) atoms. The molecule has 0 fully saturated rings. The number of ether oxygens (including phenoxy) is 2. The highest BCUT2D eigenvalue weighted by molar-refractivity contribution is 7.88. The molecule has 0 atom stereocenters. The maximum Gasteiger partial charge on any atom is 0.411 e. The summed E-state index contributed by atoms with van der Waals surface area (Å²) in [4.78, 5) is 0. The zero-order valence-electron chi connectivity index (χ0n) is 11.3. The molecule has 6 nitrogen and oxygen atoms in total. The van der Waals surface area contributed by atoms with E-state index in [9.17, 15) is 8.42 Å². The Bertz CT molecular complexity index is 657. The molecule has 0 heterocycles. The Morgan fingerprint density at radius 3 is 1.71 bits per heavy atom. The topological polar surface area (TPSA) is 77.0 Å². The summed E-state index contributed by atoms with van der Waals surface area (Å²) in [6.07, 6.45) is -0.387. The molecule has 2 aromatic carbocycles. The number of rotatable bonds is 4. The molecular weight excluding hydrogens is 292 g/mol. The van der Waals surface area contributed by atoms with E-state index < -0.39 is 10.2 Å². The van der Waals surface area contributed by atoms with E-state index in [-0.39, 0.29) is 6.08 Å². The highest BCUT2D eigenvalue weighted by Gasteiger charge is 2.13. The summed E-state index contributed by atoms with van der Waals surface area (Å²) in [5, 5.41) is 0. The van der Waals surface area contributed by atoms with Crippen molar-refractivity contribution in [1.29, 1.82) is 0 Å². The molecule has 0 unspecified atom stereocenters. The quantitative estimate of drug-likeness (QED) is 0.692. The molecule has 0 bridgehead atoms. The minimum atomic E-state index is -3.87. The summed E-state index contributed by atoms with van der Waals surface area (Å²) < 4.78 is 39.3. The van der Waals surface area contributed by atoms with Crippen molar-refractivity contribution < 1.29 is 17.9 Å². The van der Waals surface area contributed by atoms with Crippen molar-refractivity contribution in [2.24, 2.45) is 4.40 Å². The Balaban J connectivity index is 2.27. The van der Waals surface area contributed by atoms with Crippen LogP contribution in [0.2, 0.25) is 0 Å². The number of nitrogens with zero attached hydrogens (tertiary/aromatic N) is 1. The van der Waals surface area contributed by atoms with Gasteiger partial charge in [-0.15, -0.1) is 0 Å². The second-order valence-corrected chi connectivity index (χ2v) is 5.41. The van der Waals surface area contributed by atoms with Crippen LogP contribution < -0.4 is 14.2 Å². The van der Waals surface area contributed by atoms with Crippen LogP contribution in [0.1, 0.15) is 0 Å². The largest absolute Gasteiger partial charge is 0.411 e. The van der Waals surface area contributed by atoms with Crippen LogP contribution >= 0.6 is 0 Å². The fraction of sp³-hybridized carbons (Fsp3) is 0.0714. The Labute approximate surface area is 123 Å². The zero-order chi connectivity index (χ0) is 15.1. The van der Waals surface area contributed by atoms with Crippen molar-refractivity contribution in [3.05, 3.63) is 60.7 Å². The van der Waals surface area contributed by atoms with Gasteiger partial charge in [-0.3, -0.25) is 0 Å². The van der Waals surface area contributed by atoms with Crippen LogP contribution in [-0.2, 0) is 10.2 Å². The van der Waals surface area contributed by atoms with Crippen LogP contribution in [-0.4, -0.2) is 21.5 Å². The van der Waals surface area contributed by atoms with Crippen molar-refractivity contribution in [1.82, 2.24) is 4.72 Å². The minimum absolute atomic E-state index is 0.387. The Kier molecular flexibility index (Phi) is 4.91. The lowest BCUT2D eigenvalue weighted by Crippen LogP contribution is -2.23. The van der Waals surface area contributed by atoms with E-state index in [2.05, 4.69) is 9.12 Å². The summed E-state index contributed by atoms with van der Waals surface area (Å²) in [7, 11) is -2.62. The molecule has 0 aliphatic heterocycles. The van der Waals surface area contributed by atoms with Gasteiger partial charge in [-0.2, -0.15) is 13.1 Å². The van der Waals surface area contributed by atoms with E-state index in [0.717, 1.165) is 0 Å². The smallest absolute Gasteiger partial charge is 0.410 e. The molecule has 0 aromatic heterocycles. The average Bonchev–Trinajstić information content (AvgIpc) is 2.49. The van der Waals surface area contributed by atoms with Crippen LogP contribution in [0.5, 0.6) is 11.5 Å². The second-order valence-electron chi connectivity index (χ2n) is 3.87. The summed E-state index contributed by atoms with van der Waals surface area (Å²) in [6.45, 7) is 0. The van der Waals surface area contributed by atoms with Crippen molar-refractivity contribution >= 4 is 16.3 Å². The number of benzene rings is 2. The second kappa shape index (κ2) is 6.87. The predicted molar refractivity (Wildman–Crippen MR) is 79.6 cm³/mol. The minimum Gasteiger partial charge on any atom is -0.410 e. The summed E-state index contributed by atoms with van der Waals surface area (Å²) in [5.74, 6) is 0.831. The molecule has 1 N–H and O–H groups in total. The van der Waals surface area contributed by atoms with Gasteiger partial charge in [0.2, 0.25) is 0 Å². The Morgan fingerprint density at radius 1 is 0.905 bits per heavy atom. The van der Waals surface area contributed by atoms with Gasteiger partial charge >= 0.3 is 16.3 Å². The molecule has 0 saturated heterocycles. The molecule has 110 valence electrons. The average molecular weight is 306 g/mol. The fourth-order valence-corrected chi connectivity index (χ4v) is 1.74. The lowest BCUT2D eigenvalue weighted by molar-refractivity contribution is 0.386. The number of hydrogen-bond donors (Lipinski definition) is 1. The SMILES string of the molecule is CNS(=O)(=O)N=C(Oc1ccccc1)Oc1ccccc1. The van der Waals surface area contributed by atoms with Gasteiger partial charge in [0.1, 0.15) is 11.5 Å². The van der Waals surface area contributed by atoms with E-state index in [0.29, 0.717) is 11.5 Å². The van der Waals surface area contributed by atoms with Crippen LogP contribution in [0.15, 0.2) is 65.1 Å². The normalized spacial score (nSPS) is 10.7. The molecule has 0 aliphatic rings. The maximum atomic E-state index is 11.5. The Morgan fingerprint density at radius 2 is 1.33 bits per heavy atom. The van der Waals surface area contributed by atoms with Crippen molar-refractivity contribution in [2.75, 3.05) is 7.05 Å². The molecule has 0 spiro atoms. The highest BCUT2D eigenvalue weighted by Crippen LogP contribution is 2.13. The van der Waals surface area contributed by atoms with Gasteiger partial charge in [0.25, 0.3) is 0 Å². The summed E-state index contributed by atoms with van der Waals surface area (Å²) >= 11 is 0. The molecule has 0 amide bonds. The molecule has 0 saturated carbocycles. The first-order valence-electron chi connectivity index (χ1n) is 6.08. The first-order chi connectivity index (χ1) is 10.1. The Hall–Kier alpha value is -2.38. The van der Waals surface area contributed by atoms with Crippen LogP contribution in [0, 0.1) is 0 Å². The van der Waals surface area contributed by atoms with Crippen molar-refractivity contribution in [2.45, 2.75) is 0 Å². The van der Waals surface area contributed by atoms with Gasteiger partial charge in [-0.25, -0.2) is 0 Å². The third-order valence-corrected chi connectivity index (χ3v) is 3.25. The van der Waals surface area contributed by atoms with E-state index in [1.54, 1.807) is 48.5 Å². The molecule has 7 heteroatoms. The zero-order valence-corrected chi connectivity index (χ0v) is 12.1. The van der Waals surface area contributed by atoms with Gasteiger partial charge in [0.15, 0.2) is 0 Å². The van der Waals surface area contributed by atoms with E-state index in [1.165, 1.54) is 7.05 Å². The van der Waals surface area contributed by atoms with Gasteiger partial charge in [0, 0.05) is 7.05 Å². The van der Waals surface area contributed by atoms with E-state index in [4.69, 9.17) is 9.47 Å². The third-order valence-electron chi connectivity index (χ3n) is 2.35. The van der Waals surface area contributed by atoms with Crippen LogP contribution in [0.25, 0.3) is 0 Å². The molecule has 0 aliphatic carbocycles. The number of hydrogen-bond acceptors (Lipinski definition) is 4. The number of nitrogens with one attached hydrogen (secondary N) is 1. The summed E-state index contributed by atoms with van der Waals surface area (Å²) in [6, 6.07) is 17.3. The third kappa shape index (κ3) is 4.90. The van der Waals surface area contributed by atoms with Crippen molar-refractivity contribution in [3.63, 3.8) is 0 Å². The van der Waals surface area contributed by atoms with Gasteiger partial charge in [0.05, 0.1) is 0 Å². The molecule has 2 rings (SSSR count). The number of para-hydroxylation sites is 2. The standard InChI is InChI=1S/C14H14N2O4S/c1-15-21(17,18)16-14(19-12-8-4-2-5-9-12)20-13-10-6-3-7-11-13/h2-11,15H,1H3. The molecule has 0 radical (unpaired) electrons. The van der Waals surface area contributed by atoms with Gasteiger partial charge < -0.3 is 9.47 Å². The predicted octanol–water partition coefficient (Wildman–Crippen LogP) is 1.96. The summed E-state index contributed by atoms with van der Waals surface area (Å²) in [5.41, 5.74) is 0. The van der Waals surface area contributed by atoms with Crippen molar-refractivity contribution in [3.8, 4) is 11.5 Å². The van der Waals surface area contributed by atoms with Gasteiger partial charge in [-0.1, -0.05) is 40.8 Å². The van der Waals surface area contributed by atoms with Gasteiger partial charge in [-0.05, 0) is 24.3 Å². The fourth-order valence-electron chi connectivity index (χ4n) is 1.38. The monoisotopic (exact) mass is 306 g/mol. The maximum absolute atomic E-state index is 11.5. The highest BCUT2D eigenvalue weighted by atomic mass is 32.2. The van der Waals surface area contributed by atoms with E-state index in [1.807, 2.05) is 12.1 Å². The molecule has 2 aromatic rings. The van der Waals surface area contributed by atoms with Crippen LogP contribution in [0.4, 0.5) is 0 Å². The lowest BCUT2D eigenvalue weighted by atomic mass is 10.3. The lowest BCUT2D eigenvalue weighted by Gasteiger charge is -2.09. The first-order valence-corrected chi connectivity index (χ1v) is 7.52. The van der Waals surface area contributed by atoms with Crippen LogP contribution in [0.3, 0.4) is 0 Å². The van der Waals surface area contributed by atoms with E-state index >= 15 is 0 Å².